The Bertz CT molecular complexity index is 1620. The van der Waals surface area contributed by atoms with Crippen LogP contribution in [0, 0.1) is 29.6 Å². The Hall–Kier alpha value is -4.75. The van der Waals surface area contributed by atoms with Gasteiger partial charge in [0.15, 0.2) is 11.5 Å². The van der Waals surface area contributed by atoms with Gasteiger partial charge in [-0.25, -0.2) is 9.97 Å². The molecule has 0 fully saturated rings. The number of benzene rings is 2. The van der Waals surface area contributed by atoms with Crippen LogP contribution in [0.4, 0.5) is 5.82 Å². The van der Waals surface area contributed by atoms with Crippen molar-refractivity contribution in [1.82, 2.24) is 9.97 Å². The Morgan fingerprint density at radius 1 is 1.00 bits per heavy atom. The van der Waals surface area contributed by atoms with Crippen molar-refractivity contribution in [2.45, 2.75) is 23.8 Å². The number of methoxy groups -OCH3 is 2. The van der Waals surface area contributed by atoms with Crippen molar-refractivity contribution in [2.24, 2.45) is 0 Å². The SMILES string of the molecule is COc1ccc(-c2nc(CSc3nc(N)c(C#N)c(-c4ccc(OC[C@@H](O)CO)cc4)c3C#N)c(C)o2)cc1OC. The van der Waals surface area contributed by atoms with E-state index in [0.29, 0.717) is 62.1 Å². The molecule has 0 saturated carbocycles. The first-order valence-corrected chi connectivity index (χ1v) is 13.3. The maximum absolute atomic E-state index is 10.1. The number of nitrogen functional groups attached to an aromatic ring is 1. The summed E-state index contributed by atoms with van der Waals surface area (Å²) in [5.74, 6) is 2.91. The molecule has 2 heterocycles. The van der Waals surface area contributed by atoms with Gasteiger partial charge in [-0.05, 0) is 42.8 Å². The number of nitrogens with two attached hydrogens (primary N) is 1. The summed E-state index contributed by atoms with van der Waals surface area (Å²) >= 11 is 1.25. The van der Waals surface area contributed by atoms with Gasteiger partial charge in [0, 0.05) is 16.9 Å². The molecule has 41 heavy (non-hydrogen) atoms. The van der Waals surface area contributed by atoms with E-state index in [-0.39, 0.29) is 23.6 Å². The summed E-state index contributed by atoms with van der Waals surface area (Å²) < 4.78 is 22.0. The summed E-state index contributed by atoms with van der Waals surface area (Å²) in [6.45, 7) is 1.30. The summed E-state index contributed by atoms with van der Waals surface area (Å²) in [5.41, 5.74) is 8.74. The number of aromatic nitrogens is 2. The van der Waals surface area contributed by atoms with Gasteiger partial charge in [0.25, 0.3) is 0 Å². The molecule has 1 atom stereocenters. The number of nitriles is 2. The molecule has 0 unspecified atom stereocenters. The fourth-order valence-corrected chi connectivity index (χ4v) is 4.94. The van der Waals surface area contributed by atoms with Crippen molar-refractivity contribution in [3.05, 3.63) is 65.0 Å². The van der Waals surface area contributed by atoms with Gasteiger partial charge < -0.3 is 34.6 Å². The Balaban J connectivity index is 1.62. The van der Waals surface area contributed by atoms with E-state index in [2.05, 4.69) is 22.1 Å². The van der Waals surface area contributed by atoms with Crippen LogP contribution in [0.1, 0.15) is 22.6 Å². The van der Waals surface area contributed by atoms with E-state index >= 15 is 0 Å². The first-order chi connectivity index (χ1) is 19.8. The van der Waals surface area contributed by atoms with Crippen molar-refractivity contribution < 1.29 is 28.8 Å². The van der Waals surface area contributed by atoms with E-state index in [9.17, 15) is 15.6 Å². The monoisotopic (exact) mass is 573 g/mol. The molecular weight excluding hydrogens is 546 g/mol. The third-order valence-corrected chi connectivity index (χ3v) is 7.07. The number of hydrogen-bond donors (Lipinski definition) is 3. The van der Waals surface area contributed by atoms with Crippen LogP contribution in [0.25, 0.3) is 22.6 Å². The standard InChI is InChI=1S/C29H27N5O6S/c1-16-23(33-28(40-16)18-6-9-24(37-2)25(10-18)38-3)15-41-29-22(12-31)26(21(11-30)27(32)34-29)17-4-7-20(8-5-17)39-14-19(36)13-35/h4-10,19,35-36H,13-15H2,1-3H3,(H2,32,34)/t19-/m0/s1. The number of hydrogen-bond acceptors (Lipinski definition) is 12. The van der Waals surface area contributed by atoms with E-state index in [0.717, 1.165) is 0 Å². The molecular formula is C29H27N5O6S. The molecule has 2 aromatic carbocycles. The van der Waals surface area contributed by atoms with Gasteiger partial charge in [-0.15, -0.1) is 0 Å². The van der Waals surface area contributed by atoms with Crippen molar-refractivity contribution in [1.29, 1.82) is 10.5 Å². The lowest BCUT2D eigenvalue weighted by Crippen LogP contribution is -2.21. The minimum atomic E-state index is -1.01. The van der Waals surface area contributed by atoms with E-state index in [1.807, 2.05) is 6.07 Å². The Morgan fingerprint density at radius 3 is 2.32 bits per heavy atom. The largest absolute Gasteiger partial charge is 0.493 e. The average Bonchev–Trinajstić information content (AvgIpc) is 3.38. The molecule has 11 nitrogen and oxygen atoms in total. The van der Waals surface area contributed by atoms with Crippen molar-refractivity contribution in [3.8, 4) is 52.0 Å². The zero-order valence-electron chi connectivity index (χ0n) is 22.5. The molecule has 4 rings (SSSR count). The second kappa shape index (κ2) is 13.1. The lowest BCUT2D eigenvalue weighted by molar-refractivity contribution is 0.0536. The van der Waals surface area contributed by atoms with Gasteiger partial charge in [0.2, 0.25) is 5.89 Å². The van der Waals surface area contributed by atoms with Crippen molar-refractivity contribution >= 4 is 17.6 Å². The Labute approximate surface area is 240 Å². The number of thioether (sulfide) groups is 1. The summed E-state index contributed by atoms with van der Waals surface area (Å²) in [5, 5.41) is 38.8. The Kier molecular flexibility index (Phi) is 9.32. The van der Waals surface area contributed by atoms with Crippen LogP contribution in [-0.4, -0.2) is 53.7 Å². The third-order valence-electron chi connectivity index (χ3n) is 6.08. The number of anilines is 1. The summed E-state index contributed by atoms with van der Waals surface area (Å²) in [7, 11) is 3.11. The third kappa shape index (κ3) is 6.36. The predicted octanol–water partition coefficient (Wildman–Crippen LogP) is 4.08. The fourth-order valence-electron chi connectivity index (χ4n) is 3.95. The number of pyridine rings is 1. The van der Waals surface area contributed by atoms with Crippen LogP contribution < -0.4 is 19.9 Å². The van der Waals surface area contributed by atoms with E-state index in [4.69, 9.17) is 29.5 Å². The normalized spacial score (nSPS) is 11.4. The minimum Gasteiger partial charge on any atom is -0.493 e. The molecule has 0 amide bonds. The number of oxazole rings is 1. The van der Waals surface area contributed by atoms with Crippen molar-refractivity contribution in [2.75, 3.05) is 33.2 Å². The van der Waals surface area contributed by atoms with Gasteiger partial charge in [0.1, 0.15) is 52.8 Å². The highest BCUT2D eigenvalue weighted by molar-refractivity contribution is 7.98. The molecule has 0 bridgehead atoms. The number of nitrogens with zero attached hydrogens (tertiary/aromatic N) is 4. The number of rotatable bonds is 11. The highest BCUT2D eigenvalue weighted by atomic mass is 32.2. The highest BCUT2D eigenvalue weighted by Gasteiger charge is 2.22. The van der Waals surface area contributed by atoms with Crippen molar-refractivity contribution in [3.63, 3.8) is 0 Å². The van der Waals surface area contributed by atoms with E-state index in [1.165, 1.54) is 11.8 Å². The molecule has 4 N–H and O–H groups in total. The number of aliphatic hydroxyl groups is 2. The number of aryl methyl sites for hydroxylation is 1. The van der Waals surface area contributed by atoms with E-state index in [1.54, 1.807) is 57.5 Å². The Morgan fingerprint density at radius 2 is 1.68 bits per heavy atom. The molecule has 12 heteroatoms. The molecule has 0 aliphatic carbocycles. The first-order valence-electron chi connectivity index (χ1n) is 12.3. The van der Waals surface area contributed by atoms with Gasteiger partial charge >= 0.3 is 0 Å². The van der Waals surface area contributed by atoms with Crippen LogP contribution in [0.3, 0.4) is 0 Å². The topological polar surface area (TPSA) is 181 Å². The summed E-state index contributed by atoms with van der Waals surface area (Å²) in [4.78, 5) is 9.00. The van der Waals surface area contributed by atoms with Gasteiger partial charge in [0.05, 0.1) is 32.1 Å². The smallest absolute Gasteiger partial charge is 0.226 e. The lowest BCUT2D eigenvalue weighted by Gasteiger charge is -2.14. The molecule has 2 aromatic heterocycles. The second-order valence-corrected chi connectivity index (χ2v) is 9.67. The van der Waals surface area contributed by atoms with Crippen LogP contribution >= 0.6 is 11.8 Å². The molecule has 0 radical (unpaired) electrons. The zero-order valence-corrected chi connectivity index (χ0v) is 23.4. The van der Waals surface area contributed by atoms with Crippen LogP contribution in [0.2, 0.25) is 0 Å². The molecule has 0 saturated heterocycles. The van der Waals surface area contributed by atoms with Gasteiger partial charge in [-0.1, -0.05) is 23.9 Å². The van der Waals surface area contributed by atoms with Gasteiger partial charge in [-0.2, -0.15) is 10.5 Å². The summed E-state index contributed by atoms with van der Waals surface area (Å²) in [6.07, 6.45) is -1.01. The summed E-state index contributed by atoms with van der Waals surface area (Å²) in [6, 6.07) is 16.2. The molecule has 0 aliphatic rings. The molecule has 0 spiro atoms. The van der Waals surface area contributed by atoms with E-state index < -0.39 is 12.7 Å². The molecule has 4 aromatic rings. The van der Waals surface area contributed by atoms with Crippen LogP contribution in [-0.2, 0) is 5.75 Å². The molecule has 210 valence electrons. The zero-order chi connectivity index (χ0) is 29.5. The number of ether oxygens (including phenoxy) is 3. The minimum absolute atomic E-state index is 0.00159. The average molecular weight is 574 g/mol. The quantitative estimate of drug-likeness (QED) is 0.219. The predicted molar refractivity (Wildman–Crippen MR) is 151 cm³/mol. The fraction of sp³-hybridized carbons (Fsp3) is 0.241. The number of aliphatic hydroxyl groups excluding tert-OH is 2. The first kappa shape index (κ1) is 29.2. The van der Waals surface area contributed by atoms with Gasteiger partial charge in [-0.3, -0.25) is 0 Å². The lowest BCUT2D eigenvalue weighted by atomic mass is 9.97. The second-order valence-electron chi connectivity index (χ2n) is 8.70. The van der Waals surface area contributed by atoms with Crippen LogP contribution in [0.5, 0.6) is 17.2 Å². The highest BCUT2D eigenvalue weighted by Crippen LogP contribution is 2.38. The van der Waals surface area contributed by atoms with Crippen LogP contribution in [0.15, 0.2) is 51.9 Å². The molecule has 0 aliphatic heterocycles. The maximum Gasteiger partial charge on any atom is 0.226 e. The maximum atomic E-state index is 10.1.